The molecule has 0 radical (unpaired) electrons. The van der Waals surface area contributed by atoms with Gasteiger partial charge in [0.05, 0.1) is 7.11 Å². The number of hydrogen-bond donors (Lipinski definition) is 1. The molecule has 2 aromatic carbocycles. The van der Waals surface area contributed by atoms with E-state index in [1.165, 1.54) is 63.0 Å². The van der Waals surface area contributed by atoms with Crippen molar-refractivity contribution in [2.45, 2.75) is 77.0 Å². The van der Waals surface area contributed by atoms with Crippen LogP contribution >= 0.6 is 0 Å². The molecule has 0 unspecified atom stereocenters. The highest BCUT2D eigenvalue weighted by atomic mass is 16.5. The van der Waals surface area contributed by atoms with E-state index in [2.05, 4.69) is 28.5 Å². The summed E-state index contributed by atoms with van der Waals surface area (Å²) in [6.45, 7) is 0.664. The number of carbonyl (C=O) groups is 2. The van der Waals surface area contributed by atoms with Gasteiger partial charge in [-0.2, -0.15) is 0 Å². The van der Waals surface area contributed by atoms with Gasteiger partial charge in [0.25, 0.3) is 5.91 Å². The number of amides is 1. The predicted octanol–water partition coefficient (Wildman–Crippen LogP) is 6.91. The maximum atomic E-state index is 12.7. The molecule has 3 aromatic rings. The zero-order valence-corrected chi connectivity index (χ0v) is 22.5. The second-order valence-corrected chi connectivity index (χ2v) is 10.3. The van der Waals surface area contributed by atoms with Crippen LogP contribution in [-0.2, 0) is 22.4 Å². The van der Waals surface area contributed by atoms with Crippen LogP contribution in [0.25, 0.3) is 11.5 Å². The Morgan fingerprint density at radius 1 is 0.947 bits per heavy atom. The van der Waals surface area contributed by atoms with Crippen molar-refractivity contribution in [1.29, 1.82) is 0 Å². The Kier molecular flexibility index (Phi) is 10.5. The number of nitrogens with one attached hydrogen (secondary N) is 1. The van der Waals surface area contributed by atoms with E-state index in [9.17, 15) is 9.59 Å². The quantitative estimate of drug-likeness (QED) is 0.197. The van der Waals surface area contributed by atoms with Gasteiger partial charge in [0.2, 0.25) is 5.89 Å². The number of unbranched alkanes of at least 4 members (excludes halogenated alkanes) is 1. The Morgan fingerprint density at radius 2 is 1.68 bits per heavy atom. The summed E-state index contributed by atoms with van der Waals surface area (Å²) < 4.78 is 10.5. The van der Waals surface area contributed by atoms with Gasteiger partial charge in [-0.15, -0.1) is 0 Å². The molecule has 6 nitrogen and oxygen atoms in total. The Labute approximate surface area is 226 Å². The van der Waals surface area contributed by atoms with Crippen LogP contribution in [0.15, 0.2) is 59.2 Å². The largest absolute Gasteiger partial charge is 0.469 e. The van der Waals surface area contributed by atoms with Crippen LogP contribution < -0.4 is 5.32 Å². The van der Waals surface area contributed by atoms with Gasteiger partial charge < -0.3 is 14.5 Å². The Balaban J connectivity index is 1.33. The summed E-state index contributed by atoms with van der Waals surface area (Å²) in [5.41, 5.74) is 4.67. The van der Waals surface area contributed by atoms with Crippen LogP contribution in [0.1, 0.15) is 91.4 Å². The average Bonchev–Trinajstić information content (AvgIpc) is 3.45. The molecule has 0 bridgehead atoms. The Bertz CT molecular complexity index is 1180. The number of aryl methyl sites for hydroxylation is 1. The third-order valence-corrected chi connectivity index (χ3v) is 7.59. The SMILES string of the molecule is COC(=O)CCCc1ccccc1Cc1ccccc1-c1nc(C(=O)NCCCCC2CCCCC2)co1. The first kappa shape index (κ1) is 27.6. The molecule has 38 heavy (non-hydrogen) atoms. The Hall–Kier alpha value is -3.41. The van der Waals surface area contributed by atoms with Crippen molar-refractivity contribution in [3.63, 3.8) is 0 Å². The monoisotopic (exact) mass is 516 g/mol. The van der Waals surface area contributed by atoms with Crippen molar-refractivity contribution in [2.24, 2.45) is 5.92 Å². The molecule has 1 heterocycles. The smallest absolute Gasteiger partial charge is 0.305 e. The van der Waals surface area contributed by atoms with Crippen LogP contribution in [0.4, 0.5) is 0 Å². The van der Waals surface area contributed by atoms with Gasteiger partial charge >= 0.3 is 5.97 Å². The van der Waals surface area contributed by atoms with E-state index in [0.29, 0.717) is 31.0 Å². The summed E-state index contributed by atoms with van der Waals surface area (Å²) in [6, 6.07) is 16.3. The lowest BCUT2D eigenvalue weighted by Crippen LogP contribution is -2.24. The number of hydrogen-bond acceptors (Lipinski definition) is 5. The second-order valence-electron chi connectivity index (χ2n) is 10.3. The predicted molar refractivity (Wildman–Crippen MR) is 149 cm³/mol. The maximum Gasteiger partial charge on any atom is 0.305 e. The third kappa shape index (κ3) is 8.04. The van der Waals surface area contributed by atoms with Crippen molar-refractivity contribution in [2.75, 3.05) is 13.7 Å². The normalized spacial score (nSPS) is 13.8. The summed E-state index contributed by atoms with van der Waals surface area (Å²) >= 11 is 0. The number of carbonyl (C=O) groups excluding carboxylic acids is 2. The average molecular weight is 517 g/mol. The number of nitrogens with zero attached hydrogens (tertiary/aromatic N) is 1. The molecule has 0 aliphatic heterocycles. The van der Waals surface area contributed by atoms with E-state index in [4.69, 9.17) is 9.15 Å². The molecule has 1 aromatic heterocycles. The molecular weight excluding hydrogens is 476 g/mol. The molecule has 0 atom stereocenters. The molecule has 1 amide bonds. The fraction of sp³-hybridized carbons (Fsp3) is 0.469. The van der Waals surface area contributed by atoms with E-state index < -0.39 is 0 Å². The minimum atomic E-state index is -0.189. The Morgan fingerprint density at radius 3 is 2.47 bits per heavy atom. The summed E-state index contributed by atoms with van der Waals surface area (Å²) in [5, 5.41) is 3.00. The number of methoxy groups -OCH3 is 1. The number of oxazole rings is 1. The van der Waals surface area contributed by atoms with Crippen molar-refractivity contribution in [1.82, 2.24) is 10.3 Å². The van der Waals surface area contributed by atoms with Crippen LogP contribution in [0.2, 0.25) is 0 Å². The number of ether oxygens (including phenoxy) is 1. The molecule has 4 rings (SSSR count). The minimum Gasteiger partial charge on any atom is -0.469 e. The standard InChI is InChI=1S/C32H40N2O4/c1-37-30(35)20-11-18-25-15-5-6-16-26(25)22-27-17-7-8-19-28(27)32-34-29(23-38-32)31(36)33-21-10-9-14-24-12-3-2-4-13-24/h5-8,15-17,19,23-24H,2-4,9-14,18,20-22H2,1H3,(H,33,36). The van der Waals surface area contributed by atoms with Crippen LogP contribution in [0.5, 0.6) is 0 Å². The number of aromatic nitrogens is 1. The fourth-order valence-corrected chi connectivity index (χ4v) is 5.42. The van der Waals surface area contributed by atoms with E-state index in [1.54, 1.807) is 0 Å². The third-order valence-electron chi connectivity index (χ3n) is 7.59. The van der Waals surface area contributed by atoms with Crippen molar-refractivity contribution >= 4 is 11.9 Å². The number of rotatable bonds is 13. The molecule has 1 N–H and O–H groups in total. The van der Waals surface area contributed by atoms with Gasteiger partial charge in [0.15, 0.2) is 5.69 Å². The van der Waals surface area contributed by atoms with Gasteiger partial charge in [-0.1, -0.05) is 87.4 Å². The molecule has 6 heteroatoms. The molecule has 0 spiro atoms. The van der Waals surface area contributed by atoms with Crippen molar-refractivity contribution < 1.29 is 18.7 Å². The molecule has 1 saturated carbocycles. The summed E-state index contributed by atoms with van der Waals surface area (Å²) in [4.78, 5) is 28.7. The summed E-state index contributed by atoms with van der Waals surface area (Å²) in [7, 11) is 1.42. The van der Waals surface area contributed by atoms with Crippen molar-refractivity contribution in [3.8, 4) is 11.5 Å². The van der Waals surface area contributed by atoms with Gasteiger partial charge in [-0.05, 0) is 54.4 Å². The summed E-state index contributed by atoms with van der Waals surface area (Å²) in [6.07, 6.45) is 14.4. The van der Waals surface area contributed by atoms with E-state index in [1.807, 2.05) is 30.3 Å². The molecule has 1 aliphatic rings. The second kappa shape index (κ2) is 14.5. The maximum absolute atomic E-state index is 12.7. The fourth-order valence-electron chi connectivity index (χ4n) is 5.42. The van der Waals surface area contributed by atoms with E-state index >= 15 is 0 Å². The lowest BCUT2D eigenvalue weighted by Gasteiger charge is -2.21. The summed E-state index contributed by atoms with van der Waals surface area (Å²) in [5.74, 6) is 0.956. The van der Waals surface area contributed by atoms with Crippen LogP contribution in [0, 0.1) is 5.92 Å². The lowest BCUT2D eigenvalue weighted by molar-refractivity contribution is -0.140. The van der Waals surface area contributed by atoms with Gasteiger partial charge in [-0.3, -0.25) is 9.59 Å². The topological polar surface area (TPSA) is 81.4 Å². The molecule has 1 aliphatic carbocycles. The van der Waals surface area contributed by atoms with Gasteiger partial charge in [-0.25, -0.2) is 4.98 Å². The highest BCUT2D eigenvalue weighted by molar-refractivity contribution is 5.92. The van der Waals surface area contributed by atoms with E-state index in [-0.39, 0.29) is 11.9 Å². The molecule has 202 valence electrons. The van der Waals surface area contributed by atoms with Gasteiger partial charge in [0, 0.05) is 18.5 Å². The molecule has 0 saturated heterocycles. The van der Waals surface area contributed by atoms with Crippen LogP contribution in [0.3, 0.4) is 0 Å². The minimum absolute atomic E-state index is 0.184. The molecule has 1 fully saturated rings. The zero-order chi connectivity index (χ0) is 26.6. The number of esters is 1. The molecular formula is C32H40N2O4. The van der Waals surface area contributed by atoms with Gasteiger partial charge in [0.1, 0.15) is 6.26 Å². The highest BCUT2D eigenvalue weighted by Gasteiger charge is 2.17. The van der Waals surface area contributed by atoms with E-state index in [0.717, 1.165) is 42.7 Å². The number of benzene rings is 2. The van der Waals surface area contributed by atoms with Crippen molar-refractivity contribution in [3.05, 3.63) is 77.2 Å². The first-order valence-corrected chi connectivity index (χ1v) is 14.1. The lowest BCUT2D eigenvalue weighted by atomic mass is 9.86. The van der Waals surface area contributed by atoms with Crippen LogP contribution in [-0.4, -0.2) is 30.5 Å². The highest BCUT2D eigenvalue weighted by Crippen LogP contribution is 2.28. The first-order valence-electron chi connectivity index (χ1n) is 14.1. The first-order chi connectivity index (χ1) is 18.6. The zero-order valence-electron chi connectivity index (χ0n) is 22.5.